The van der Waals surface area contributed by atoms with E-state index in [0.29, 0.717) is 26.1 Å². The van der Waals surface area contributed by atoms with Crippen molar-refractivity contribution >= 4 is 17.7 Å². The van der Waals surface area contributed by atoms with Crippen molar-refractivity contribution in [3.05, 3.63) is 23.8 Å². The lowest BCUT2D eigenvalue weighted by Gasteiger charge is -2.18. The molecule has 0 saturated carbocycles. The van der Waals surface area contributed by atoms with Gasteiger partial charge in [-0.1, -0.05) is 12.1 Å². The Labute approximate surface area is 118 Å². The zero-order valence-electron chi connectivity index (χ0n) is 11.3. The van der Waals surface area contributed by atoms with Gasteiger partial charge in [0.2, 0.25) is 0 Å². The largest absolute Gasteiger partial charge is 0.492 e. The number of hydrogen-bond donors (Lipinski definition) is 0. The first-order valence-corrected chi connectivity index (χ1v) is 7.83. The van der Waals surface area contributed by atoms with Crippen LogP contribution in [0.3, 0.4) is 0 Å². The Hall–Kier alpha value is -1.16. The topological polar surface area (TPSA) is 35.5 Å². The lowest BCUT2D eigenvalue weighted by Crippen LogP contribution is -2.08. The minimum atomic E-state index is -0.143. The first-order chi connectivity index (χ1) is 9.31. The van der Waals surface area contributed by atoms with Crippen LogP contribution in [-0.4, -0.2) is 24.9 Å². The van der Waals surface area contributed by atoms with Crippen molar-refractivity contribution in [2.24, 2.45) is 0 Å². The number of fused-ring (bicyclic) bond motifs is 1. The number of carbonyl (C=O) groups excluding carboxylic acids is 1. The van der Waals surface area contributed by atoms with Gasteiger partial charge in [0.1, 0.15) is 5.75 Å². The van der Waals surface area contributed by atoms with Gasteiger partial charge in [-0.2, -0.15) is 0 Å². The van der Waals surface area contributed by atoms with Crippen LogP contribution >= 0.6 is 11.8 Å². The number of ether oxygens (including phenoxy) is 2. The molecule has 2 rings (SSSR count). The minimum absolute atomic E-state index is 0.143. The van der Waals surface area contributed by atoms with E-state index in [4.69, 9.17) is 9.47 Å². The molecule has 0 aliphatic carbocycles. The molecule has 0 radical (unpaired) electrons. The second-order valence-corrected chi connectivity index (χ2v) is 5.56. The Morgan fingerprint density at radius 3 is 3.16 bits per heavy atom. The van der Waals surface area contributed by atoms with Gasteiger partial charge >= 0.3 is 5.97 Å². The fourth-order valence-electron chi connectivity index (χ4n) is 2.10. The van der Waals surface area contributed by atoms with E-state index in [1.165, 1.54) is 16.9 Å². The number of thioether (sulfide) groups is 1. The van der Waals surface area contributed by atoms with Gasteiger partial charge in [0, 0.05) is 6.42 Å². The maximum absolute atomic E-state index is 11.2. The molecule has 0 N–H and O–H groups in total. The molecule has 0 spiro atoms. The standard InChI is InChI=1S/C15H20O3S/c1-2-17-14(16)9-4-10-18-13-8-3-6-12-7-5-11-19-15(12)13/h3,6,8H,2,4-5,7,9-11H2,1H3. The molecular formula is C15H20O3S. The first-order valence-electron chi connectivity index (χ1n) is 6.84. The summed E-state index contributed by atoms with van der Waals surface area (Å²) in [5.74, 6) is 1.98. The van der Waals surface area contributed by atoms with Crippen LogP contribution in [0.4, 0.5) is 0 Å². The van der Waals surface area contributed by atoms with Crippen LogP contribution in [0.2, 0.25) is 0 Å². The number of carbonyl (C=O) groups is 1. The maximum atomic E-state index is 11.2. The molecule has 0 amide bonds. The van der Waals surface area contributed by atoms with Crippen LogP contribution in [0.5, 0.6) is 5.75 Å². The highest BCUT2D eigenvalue weighted by Gasteiger charge is 2.14. The predicted molar refractivity (Wildman–Crippen MR) is 76.8 cm³/mol. The summed E-state index contributed by atoms with van der Waals surface area (Å²) in [6.07, 6.45) is 3.51. The third-order valence-electron chi connectivity index (χ3n) is 2.99. The van der Waals surface area contributed by atoms with Gasteiger partial charge < -0.3 is 9.47 Å². The molecule has 1 aromatic rings. The molecular weight excluding hydrogens is 260 g/mol. The third kappa shape index (κ3) is 4.16. The van der Waals surface area contributed by atoms with Crippen molar-refractivity contribution in [1.29, 1.82) is 0 Å². The Morgan fingerprint density at radius 2 is 2.32 bits per heavy atom. The summed E-state index contributed by atoms with van der Waals surface area (Å²) in [4.78, 5) is 12.5. The van der Waals surface area contributed by atoms with Gasteiger partial charge in [0.15, 0.2) is 0 Å². The second kappa shape index (κ2) is 7.43. The van der Waals surface area contributed by atoms with Crippen molar-refractivity contribution < 1.29 is 14.3 Å². The van der Waals surface area contributed by atoms with Gasteiger partial charge in [-0.05, 0) is 43.6 Å². The predicted octanol–water partition coefficient (Wildman–Crippen LogP) is 3.45. The fourth-order valence-corrected chi connectivity index (χ4v) is 3.22. The van der Waals surface area contributed by atoms with Crippen molar-refractivity contribution in [3.8, 4) is 5.75 Å². The number of hydrogen-bond acceptors (Lipinski definition) is 4. The normalized spacial score (nSPS) is 13.7. The van der Waals surface area contributed by atoms with Crippen LogP contribution in [0.15, 0.2) is 23.1 Å². The van der Waals surface area contributed by atoms with E-state index in [0.717, 1.165) is 17.9 Å². The van der Waals surface area contributed by atoms with E-state index in [2.05, 4.69) is 6.07 Å². The van der Waals surface area contributed by atoms with Gasteiger partial charge in [-0.15, -0.1) is 11.8 Å². The molecule has 0 aromatic heterocycles. The number of benzene rings is 1. The van der Waals surface area contributed by atoms with Crippen molar-refractivity contribution in [2.45, 2.75) is 37.5 Å². The molecule has 0 saturated heterocycles. The van der Waals surface area contributed by atoms with Crippen molar-refractivity contribution in [1.82, 2.24) is 0 Å². The van der Waals surface area contributed by atoms with Crippen molar-refractivity contribution in [3.63, 3.8) is 0 Å². The molecule has 1 aromatic carbocycles. The molecule has 3 nitrogen and oxygen atoms in total. The first kappa shape index (κ1) is 14.3. The number of aryl methyl sites for hydroxylation is 1. The monoisotopic (exact) mass is 280 g/mol. The van der Waals surface area contributed by atoms with Gasteiger partial charge in [-0.3, -0.25) is 4.79 Å². The van der Waals surface area contributed by atoms with E-state index in [9.17, 15) is 4.79 Å². The van der Waals surface area contributed by atoms with E-state index in [1.54, 1.807) is 0 Å². The fraction of sp³-hybridized carbons (Fsp3) is 0.533. The summed E-state index contributed by atoms with van der Waals surface area (Å²) in [6.45, 7) is 2.83. The summed E-state index contributed by atoms with van der Waals surface area (Å²) < 4.78 is 10.7. The van der Waals surface area contributed by atoms with Gasteiger partial charge in [0.25, 0.3) is 0 Å². The average molecular weight is 280 g/mol. The van der Waals surface area contributed by atoms with Gasteiger partial charge in [-0.25, -0.2) is 0 Å². The highest BCUT2D eigenvalue weighted by molar-refractivity contribution is 7.99. The van der Waals surface area contributed by atoms with Crippen LogP contribution in [0.25, 0.3) is 0 Å². The summed E-state index contributed by atoms with van der Waals surface area (Å²) in [6, 6.07) is 6.24. The Bertz CT molecular complexity index is 431. The van der Waals surface area contributed by atoms with Crippen LogP contribution in [0.1, 0.15) is 31.7 Å². The van der Waals surface area contributed by atoms with E-state index in [-0.39, 0.29) is 5.97 Å². The molecule has 1 aliphatic rings. The minimum Gasteiger partial charge on any atom is -0.492 e. The highest BCUT2D eigenvalue weighted by atomic mass is 32.2. The second-order valence-electron chi connectivity index (χ2n) is 4.45. The smallest absolute Gasteiger partial charge is 0.305 e. The Morgan fingerprint density at radius 1 is 1.42 bits per heavy atom. The average Bonchev–Trinajstić information content (AvgIpc) is 2.44. The SMILES string of the molecule is CCOC(=O)CCCOc1cccc2c1SCCC2. The Kier molecular flexibility index (Phi) is 5.58. The molecule has 19 heavy (non-hydrogen) atoms. The Balaban J connectivity index is 1.81. The molecule has 1 aliphatic heterocycles. The zero-order chi connectivity index (χ0) is 13.5. The molecule has 104 valence electrons. The summed E-state index contributed by atoms with van der Waals surface area (Å²) in [5, 5.41) is 0. The molecule has 4 heteroatoms. The third-order valence-corrected chi connectivity index (χ3v) is 4.23. The van der Waals surface area contributed by atoms with E-state index in [1.807, 2.05) is 30.8 Å². The van der Waals surface area contributed by atoms with Crippen LogP contribution < -0.4 is 4.74 Å². The van der Waals surface area contributed by atoms with Crippen molar-refractivity contribution in [2.75, 3.05) is 19.0 Å². The molecule has 1 heterocycles. The quantitative estimate of drug-likeness (QED) is 0.590. The maximum Gasteiger partial charge on any atom is 0.305 e. The number of esters is 1. The summed E-state index contributed by atoms with van der Waals surface area (Å²) in [5.41, 5.74) is 1.39. The number of rotatable bonds is 6. The van der Waals surface area contributed by atoms with Crippen LogP contribution in [-0.2, 0) is 16.0 Å². The lowest BCUT2D eigenvalue weighted by atomic mass is 10.1. The highest BCUT2D eigenvalue weighted by Crippen LogP contribution is 2.37. The van der Waals surface area contributed by atoms with Crippen LogP contribution in [0, 0.1) is 0 Å². The van der Waals surface area contributed by atoms with E-state index >= 15 is 0 Å². The van der Waals surface area contributed by atoms with Gasteiger partial charge in [0.05, 0.1) is 18.1 Å². The van der Waals surface area contributed by atoms with E-state index < -0.39 is 0 Å². The molecule has 0 atom stereocenters. The lowest BCUT2D eigenvalue weighted by molar-refractivity contribution is -0.143. The zero-order valence-corrected chi connectivity index (χ0v) is 12.1. The summed E-state index contributed by atoms with van der Waals surface area (Å²) >= 11 is 1.87. The molecule has 0 unspecified atom stereocenters. The molecule has 0 bridgehead atoms. The summed E-state index contributed by atoms with van der Waals surface area (Å²) in [7, 11) is 0. The molecule has 0 fully saturated rings.